The van der Waals surface area contributed by atoms with Gasteiger partial charge in [0.2, 0.25) is 0 Å². The normalized spacial score (nSPS) is 23.2. The molecule has 0 saturated heterocycles. The van der Waals surface area contributed by atoms with Crippen molar-refractivity contribution in [2.24, 2.45) is 5.92 Å². The van der Waals surface area contributed by atoms with E-state index in [-0.39, 0.29) is 0 Å². The average molecular weight is 276 g/mol. The molecule has 2 unspecified atom stereocenters. The Morgan fingerprint density at radius 1 is 1.30 bits per heavy atom. The Labute approximate surface area is 123 Å². The number of aromatic nitrogens is 1. The quantitative estimate of drug-likeness (QED) is 0.860. The van der Waals surface area contributed by atoms with Crippen LogP contribution < -0.4 is 5.32 Å². The summed E-state index contributed by atoms with van der Waals surface area (Å²) < 4.78 is 6.04. The summed E-state index contributed by atoms with van der Waals surface area (Å²) in [5, 5.41) is 3.40. The summed E-state index contributed by atoms with van der Waals surface area (Å²) in [5.41, 5.74) is 2.14. The molecule has 3 nitrogen and oxygen atoms in total. The minimum absolute atomic E-state index is 0.429. The van der Waals surface area contributed by atoms with Gasteiger partial charge >= 0.3 is 0 Å². The number of nitrogens with one attached hydrogen (secondary N) is 1. The lowest BCUT2D eigenvalue weighted by atomic mass is 9.89. The van der Waals surface area contributed by atoms with Crippen molar-refractivity contribution in [3.8, 4) is 0 Å². The second kappa shape index (κ2) is 7.75. The van der Waals surface area contributed by atoms with Gasteiger partial charge in [-0.3, -0.25) is 4.98 Å². The fourth-order valence-electron chi connectivity index (χ4n) is 2.75. The molecule has 1 aromatic rings. The Bertz CT molecular complexity index is 406. The molecule has 1 aromatic heterocycles. The molecule has 0 bridgehead atoms. The lowest BCUT2D eigenvalue weighted by Crippen LogP contribution is -2.23. The van der Waals surface area contributed by atoms with E-state index in [1.165, 1.54) is 25.7 Å². The maximum absolute atomic E-state index is 6.04. The molecular formula is C17H28N2O. The molecule has 0 amide bonds. The third-order valence-corrected chi connectivity index (χ3v) is 3.91. The molecule has 2 rings (SSSR count). The molecule has 1 fully saturated rings. The van der Waals surface area contributed by atoms with Crippen LogP contribution in [0.5, 0.6) is 0 Å². The topological polar surface area (TPSA) is 34.1 Å². The molecule has 1 heterocycles. The zero-order valence-corrected chi connectivity index (χ0v) is 13.1. The number of ether oxygens (including phenoxy) is 1. The first-order valence-electron chi connectivity index (χ1n) is 7.93. The molecule has 0 aliphatic heterocycles. The minimum atomic E-state index is 0.429. The first-order chi connectivity index (χ1) is 9.63. The Kier molecular flexibility index (Phi) is 5.99. The van der Waals surface area contributed by atoms with Crippen molar-refractivity contribution in [3.63, 3.8) is 0 Å². The number of hydrogen-bond donors (Lipinski definition) is 1. The summed E-state index contributed by atoms with van der Waals surface area (Å²) in [6.45, 7) is 8.10. The van der Waals surface area contributed by atoms with Gasteiger partial charge in [-0.2, -0.15) is 0 Å². The molecule has 1 N–H and O–H groups in total. The van der Waals surface area contributed by atoms with Crippen LogP contribution in [-0.2, 0) is 17.9 Å². The zero-order valence-electron chi connectivity index (χ0n) is 13.1. The largest absolute Gasteiger partial charge is 0.372 e. The SMILES string of the molecule is CC1CCCC(OCc2cccc(CNC(C)C)n2)C1. The van der Waals surface area contributed by atoms with Crippen LogP contribution in [0.3, 0.4) is 0 Å². The predicted octanol–water partition coefficient (Wildman–Crippen LogP) is 3.67. The molecule has 0 radical (unpaired) electrons. The van der Waals surface area contributed by atoms with E-state index >= 15 is 0 Å². The van der Waals surface area contributed by atoms with E-state index in [9.17, 15) is 0 Å². The molecule has 112 valence electrons. The van der Waals surface area contributed by atoms with Crippen LogP contribution >= 0.6 is 0 Å². The van der Waals surface area contributed by atoms with E-state index in [0.717, 1.165) is 23.9 Å². The molecule has 3 heteroatoms. The summed E-state index contributed by atoms with van der Waals surface area (Å²) in [7, 11) is 0. The highest BCUT2D eigenvalue weighted by molar-refractivity contribution is 5.10. The predicted molar refractivity (Wildman–Crippen MR) is 82.4 cm³/mol. The van der Waals surface area contributed by atoms with Crippen molar-refractivity contribution in [3.05, 3.63) is 29.6 Å². The van der Waals surface area contributed by atoms with Crippen molar-refractivity contribution in [1.82, 2.24) is 10.3 Å². The first-order valence-corrected chi connectivity index (χ1v) is 7.93. The van der Waals surface area contributed by atoms with Gasteiger partial charge in [-0.15, -0.1) is 0 Å². The summed E-state index contributed by atoms with van der Waals surface area (Å²) in [4.78, 5) is 4.66. The Morgan fingerprint density at radius 3 is 2.85 bits per heavy atom. The second-order valence-electron chi connectivity index (χ2n) is 6.36. The van der Waals surface area contributed by atoms with E-state index in [1.807, 2.05) is 0 Å². The van der Waals surface area contributed by atoms with Gasteiger partial charge in [-0.05, 0) is 30.9 Å². The van der Waals surface area contributed by atoms with E-state index in [0.29, 0.717) is 18.8 Å². The van der Waals surface area contributed by atoms with Crippen LogP contribution in [0.2, 0.25) is 0 Å². The number of nitrogens with zero attached hydrogens (tertiary/aromatic N) is 1. The lowest BCUT2D eigenvalue weighted by molar-refractivity contribution is 0.00314. The van der Waals surface area contributed by atoms with E-state index in [1.54, 1.807) is 0 Å². The molecule has 1 aliphatic carbocycles. The Morgan fingerprint density at radius 2 is 2.10 bits per heavy atom. The van der Waals surface area contributed by atoms with Crippen molar-refractivity contribution < 1.29 is 4.74 Å². The third kappa shape index (κ3) is 5.22. The molecule has 2 atom stereocenters. The van der Waals surface area contributed by atoms with Crippen LogP contribution in [0.1, 0.15) is 57.8 Å². The van der Waals surface area contributed by atoms with Gasteiger partial charge in [0, 0.05) is 12.6 Å². The molecule has 0 aromatic carbocycles. The van der Waals surface area contributed by atoms with E-state index in [4.69, 9.17) is 4.74 Å². The number of pyridine rings is 1. The maximum Gasteiger partial charge on any atom is 0.0891 e. The van der Waals surface area contributed by atoms with Crippen molar-refractivity contribution in [1.29, 1.82) is 0 Å². The van der Waals surface area contributed by atoms with Gasteiger partial charge in [0.1, 0.15) is 0 Å². The fraction of sp³-hybridized carbons (Fsp3) is 0.706. The number of rotatable bonds is 6. The summed E-state index contributed by atoms with van der Waals surface area (Å²) in [6.07, 6.45) is 5.50. The molecule has 1 aliphatic rings. The zero-order chi connectivity index (χ0) is 14.4. The van der Waals surface area contributed by atoms with Crippen LogP contribution in [0.4, 0.5) is 0 Å². The second-order valence-corrected chi connectivity index (χ2v) is 6.36. The van der Waals surface area contributed by atoms with Crippen molar-refractivity contribution in [2.45, 2.75) is 71.8 Å². The average Bonchev–Trinajstić information content (AvgIpc) is 2.43. The summed E-state index contributed by atoms with van der Waals surface area (Å²) in [5.74, 6) is 0.809. The molecular weight excluding hydrogens is 248 g/mol. The monoisotopic (exact) mass is 276 g/mol. The smallest absolute Gasteiger partial charge is 0.0891 e. The third-order valence-electron chi connectivity index (χ3n) is 3.91. The Balaban J connectivity index is 1.81. The van der Waals surface area contributed by atoms with Crippen molar-refractivity contribution in [2.75, 3.05) is 0 Å². The molecule has 0 spiro atoms. The maximum atomic E-state index is 6.04. The first kappa shape index (κ1) is 15.5. The van der Waals surface area contributed by atoms with Crippen LogP contribution in [-0.4, -0.2) is 17.1 Å². The molecule has 20 heavy (non-hydrogen) atoms. The standard InChI is InChI=1S/C17H28N2O/c1-13(2)18-11-15-7-5-8-16(19-15)12-20-17-9-4-6-14(3)10-17/h5,7-8,13-14,17-18H,4,6,9-12H2,1-3H3. The van der Waals surface area contributed by atoms with E-state index < -0.39 is 0 Å². The van der Waals surface area contributed by atoms with Gasteiger partial charge in [-0.1, -0.05) is 39.7 Å². The van der Waals surface area contributed by atoms with Crippen molar-refractivity contribution >= 4 is 0 Å². The fourth-order valence-corrected chi connectivity index (χ4v) is 2.75. The lowest BCUT2D eigenvalue weighted by Gasteiger charge is -2.26. The highest BCUT2D eigenvalue weighted by atomic mass is 16.5. The van der Waals surface area contributed by atoms with Gasteiger partial charge in [-0.25, -0.2) is 0 Å². The highest BCUT2D eigenvalue weighted by Gasteiger charge is 2.19. The van der Waals surface area contributed by atoms with Gasteiger partial charge < -0.3 is 10.1 Å². The van der Waals surface area contributed by atoms with Crippen LogP contribution in [0, 0.1) is 5.92 Å². The molecule has 1 saturated carbocycles. The number of hydrogen-bond acceptors (Lipinski definition) is 3. The minimum Gasteiger partial charge on any atom is -0.372 e. The summed E-state index contributed by atoms with van der Waals surface area (Å²) in [6, 6.07) is 6.69. The summed E-state index contributed by atoms with van der Waals surface area (Å²) >= 11 is 0. The van der Waals surface area contributed by atoms with Crippen LogP contribution in [0.25, 0.3) is 0 Å². The highest BCUT2D eigenvalue weighted by Crippen LogP contribution is 2.26. The Hall–Kier alpha value is -0.930. The van der Waals surface area contributed by atoms with Crippen LogP contribution in [0.15, 0.2) is 18.2 Å². The van der Waals surface area contributed by atoms with Gasteiger partial charge in [0.05, 0.1) is 24.1 Å². The van der Waals surface area contributed by atoms with Gasteiger partial charge in [0.15, 0.2) is 0 Å². The van der Waals surface area contributed by atoms with Gasteiger partial charge in [0.25, 0.3) is 0 Å². The van der Waals surface area contributed by atoms with E-state index in [2.05, 4.69) is 49.3 Å².